The van der Waals surface area contributed by atoms with Gasteiger partial charge in [0.1, 0.15) is 11.5 Å². The highest BCUT2D eigenvalue weighted by Crippen LogP contribution is 2.26. The first-order valence-corrected chi connectivity index (χ1v) is 9.55. The minimum Gasteiger partial charge on any atom is -0.497 e. The second kappa shape index (κ2) is 9.43. The fourth-order valence-corrected chi connectivity index (χ4v) is 3.19. The van der Waals surface area contributed by atoms with E-state index in [0.717, 1.165) is 25.0 Å². The van der Waals surface area contributed by atoms with Crippen LogP contribution < -0.4 is 20.1 Å². The van der Waals surface area contributed by atoms with Crippen molar-refractivity contribution in [3.8, 4) is 11.5 Å². The van der Waals surface area contributed by atoms with Gasteiger partial charge in [0.25, 0.3) is 11.8 Å². The van der Waals surface area contributed by atoms with Gasteiger partial charge < -0.3 is 24.8 Å². The van der Waals surface area contributed by atoms with Crippen LogP contribution >= 0.6 is 0 Å². The van der Waals surface area contributed by atoms with Gasteiger partial charge in [0.15, 0.2) is 0 Å². The number of carbonyl (C=O) groups excluding carboxylic acids is 2. The van der Waals surface area contributed by atoms with Gasteiger partial charge in [0, 0.05) is 30.5 Å². The Morgan fingerprint density at radius 2 is 1.93 bits per heavy atom. The van der Waals surface area contributed by atoms with Gasteiger partial charge in [0.2, 0.25) is 0 Å². The molecule has 7 heteroatoms. The molecule has 0 saturated carbocycles. The Morgan fingerprint density at radius 3 is 2.62 bits per heavy atom. The molecule has 0 aliphatic carbocycles. The summed E-state index contributed by atoms with van der Waals surface area (Å²) in [7, 11) is 3.04. The van der Waals surface area contributed by atoms with E-state index < -0.39 is 0 Å². The molecule has 0 spiro atoms. The van der Waals surface area contributed by atoms with Crippen molar-refractivity contribution in [1.82, 2.24) is 5.32 Å². The first-order valence-electron chi connectivity index (χ1n) is 9.55. The van der Waals surface area contributed by atoms with E-state index in [2.05, 4.69) is 10.6 Å². The van der Waals surface area contributed by atoms with Gasteiger partial charge in [-0.15, -0.1) is 0 Å². The van der Waals surface area contributed by atoms with E-state index in [0.29, 0.717) is 34.9 Å². The Kier molecular flexibility index (Phi) is 6.72. The van der Waals surface area contributed by atoms with Crippen molar-refractivity contribution < 1.29 is 23.8 Å². The van der Waals surface area contributed by atoms with Crippen molar-refractivity contribution in [2.75, 3.05) is 32.7 Å². The average Bonchev–Trinajstić information content (AvgIpc) is 3.26. The third kappa shape index (κ3) is 5.06. The molecule has 154 valence electrons. The highest BCUT2D eigenvalue weighted by Gasteiger charge is 2.18. The monoisotopic (exact) mass is 398 g/mol. The zero-order valence-electron chi connectivity index (χ0n) is 16.9. The molecule has 2 N–H and O–H groups in total. The van der Waals surface area contributed by atoms with Crippen molar-refractivity contribution in [3.05, 3.63) is 53.1 Å². The van der Waals surface area contributed by atoms with Crippen LogP contribution in [0.5, 0.6) is 11.5 Å². The van der Waals surface area contributed by atoms with Crippen LogP contribution in [-0.4, -0.2) is 45.3 Å². The summed E-state index contributed by atoms with van der Waals surface area (Å²) >= 11 is 0. The van der Waals surface area contributed by atoms with E-state index in [4.69, 9.17) is 14.2 Å². The molecule has 1 fully saturated rings. The predicted molar refractivity (Wildman–Crippen MR) is 110 cm³/mol. The zero-order chi connectivity index (χ0) is 20.8. The largest absolute Gasteiger partial charge is 0.497 e. The van der Waals surface area contributed by atoms with Gasteiger partial charge in [-0.1, -0.05) is 6.07 Å². The summed E-state index contributed by atoms with van der Waals surface area (Å²) in [5.41, 5.74) is 2.27. The molecule has 1 heterocycles. The molecule has 1 saturated heterocycles. The van der Waals surface area contributed by atoms with Gasteiger partial charge in [-0.25, -0.2) is 0 Å². The maximum atomic E-state index is 12.8. The van der Waals surface area contributed by atoms with E-state index in [9.17, 15) is 9.59 Å². The number of aryl methyl sites for hydroxylation is 1. The molecular formula is C22H26N2O5. The summed E-state index contributed by atoms with van der Waals surface area (Å²) in [6.45, 7) is 3.10. The van der Waals surface area contributed by atoms with Gasteiger partial charge in [-0.05, 0) is 49.6 Å². The van der Waals surface area contributed by atoms with Gasteiger partial charge in [-0.3, -0.25) is 9.59 Å². The van der Waals surface area contributed by atoms with E-state index in [1.165, 1.54) is 7.11 Å². The molecule has 2 aromatic carbocycles. The second-order valence-electron chi connectivity index (χ2n) is 6.90. The summed E-state index contributed by atoms with van der Waals surface area (Å²) in [6.07, 6.45) is 2.06. The summed E-state index contributed by atoms with van der Waals surface area (Å²) < 4.78 is 16.0. The molecule has 1 atom stereocenters. The fraction of sp³-hybridized carbons (Fsp3) is 0.364. The molecule has 2 amide bonds. The number of rotatable bonds is 7. The second-order valence-corrected chi connectivity index (χ2v) is 6.90. The zero-order valence-corrected chi connectivity index (χ0v) is 16.9. The summed E-state index contributed by atoms with van der Waals surface area (Å²) in [5, 5.41) is 5.76. The van der Waals surface area contributed by atoms with Crippen molar-refractivity contribution >= 4 is 17.5 Å². The number of benzene rings is 2. The molecule has 29 heavy (non-hydrogen) atoms. The third-order valence-corrected chi connectivity index (χ3v) is 4.92. The Labute approximate surface area is 170 Å². The Bertz CT molecular complexity index is 891. The number of ether oxygens (including phenoxy) is 3. The molecule has 2 aromatic rings. The van der Waals surface area contributed by atoms with Crippen LogP contribution in [-0.2, 0) is 4.74 Å². The van der Waals surface area contributed by atoms with Crippen LogP contribution in [0, 0.1) is 6.92 Å². The first kappa shape index (κ1) is 20.7. The van der Waals surface area contributed by atoms with Crippen LogP contribution in [0.1, 0.15) is 39.1 Å². The van der Waals surface area contributed by atoms with Crippen molar-refractivity contribution in [2.24, 2.45) is 0 Å². The number of methoxy groups -OCH3 is 2. The van der Waals surface area contributed by atoms with E-state index in [-0.39, 0.29) is 17.9 Å². The maximum absolute atomic E-state index is 12.8. The normalized spacial score (nSPS) is 15.6. The molecule has 0 aromatic heterocycles. The Morgan fingerprint density at radius 1 is 1.10 bits per heavy atom. The smallest absolute Gasteiger partial charge is 0.259 e. The number of hydrogen-bond acceptors (Lipinski definition) is 5. The molecular weight excluding hydrogens is 372 g/mol. The molecule has 3 rings (SSSR count). The lowest BCUT2D eigenvalue weighted by Gasteiger charge is -2.14. The lowest BCUT2D eigenvalue weighted by atomic mass is 10.1. The molecule has 1 aliphatic rings. The van der Waals surface area contributed by atoms with Crippen LogP contribution in [0.15, 0.2) is 36.4 Å². The summed E-state index contributed by atoms with van der Waals surface area (Å²) in [5.74, 6) is 0.479. The number of amides is 2. The van der Waals surface area contributed by atoms with Crippen LogP contribution in [0.2, 0.25) is 0 Å². The number of anilines is 1. The van der Waals surface area contributed by atoms with Gasteiger partial charge in [-0.2, -0.15) is 0 Å². The topological polar surface area (TPSA) is 85.9 Å². The van der Waals surface area contributed by atoms with Crippen molar-refractivity contribution in [1.29, 1.82) is 0 Å². The lowest BCUT2D eigenvalue weighted by Crippen LogP contribution is -2.31. The van der Waals surface area contributed by atoms with Crippen LogP contribution in [0.4, 0.5) is 5.69 Å². The SMILES string of the molecule is COc1ccc(C(=O)Nc2cc(C(=O)NCC3CCCO3)ccc2C)c(OC)c1. The van der Waals surface area contributed by atoms with Crippen molar-refractivity contribution in [3.63, 3.8) is 0 Å². The molecule has 0 radical (unpaired) electrons. The summed E-state index contributed by atoms with van der Waals surface area (Å²) in [6, 6.07) is 10.2. The minimum absolute atomic E-state index is 0.0751. The standard InChI is InChI=1S/C22H26N2O5/c1-14-6-7-15(21(25)23-13-17-5-4-10-29-17)11-19(14)24-22(26)18-9-8-16(27-2)12-20(18)28-3/h6-9,11-12,17H,4-5,10,13H2,1-3H3,(H,23,25)(H,24,26). The van der Waals surface area contributed by atoms with E-state index >= 15 is 0 Å². The maximum Gasteiger partial charge on any atom is 0.259 e. The van der Waals surface area contributed by atoms with E-state index in [1.54, 1.807) is 37.4 Å². The Balaban J connectivity index is 1.72. The van der Waals surface area contributed by atoms with Gasteiger partial charge >= 0.3 is 0 Å². The highest BCUT2D eigenvalue weighted by atomic mass is 16.5. The fourth-order valence-electron chi connectivity index (χ4n) is 3.19. The number of carbonyl (C=O) groups is 2. The molecule has 0 bridgehead atoms. The minimum atomic E-state index is -0.329. The lowest BCUT2D eigenvalue weighted by molar-refractivity contribution is 0.0857. The number of nitrogens with one attached hydrogen (secondary N) is 2. The third-order valence-electron chi connectivity index (χ3n) is 4.92. The van der Waals surface area contributed by atoms with Crippen molar-refractivity contribution in [2.45, 2.75) is 25.9 Å². The molecule has 7 nitrogen and oxygen atoms in total. The van der Waals surface area contributed by atoms with E-state index in [1.807, 2.05) is 13.0 Å². The van der Waals surface area contributed by atoms with Crippen LogP contribution in [0.3, 0.4) is 0 Å². The molecule has 1 aliphatic heterocycles. The summed E-state index contributed by atoms with van der Waals surface area (Å²) in [4.78, 5) is 25.3. The predicted octanol–water partition coefficient (Wildman–Crippen LogP) is 3.17. The molecule has 1 unspecified atom stereocenters. The van der Waals surface area contributed by atoms with Gasteiger partial charge in [0.05, 0.1) is 25.9 Å². The highest BCUT2D eigenvalue weighted by molar-refractivity contribution is 6.07. The quantitative estimate of drug-likeness (QED) is 0.748. The van der Waals surface area contributed by atoms with Crippen LogP contribution in [0.25, 0.3) is 0 Å². The Hall–Kier alpha value is -3.06. The first-order chi connectivity index (χ1) is 14.0. The average molecular weight is 398 g/mol. The number of hydrogen-bond donors (Lipinski definition) is 2.